The molecule has 0 radical (unpaired) electrons. The molecule has 1 spiro atoms. The average Bonchev–Trinajstić information content (AvgIpc) is 2.67. The minimum absolute atomic E-state index is 0.210. The van der Waals surface area contributed by atoms with E-state index >= 15 is 0 Å². The zero-order valence-electron chi connectivity index (χ0n) is 9.69. The third kappa shape index (κ3) is 1.60. The van der Waals surface area contributed by atoms with E-state index in [0.29, 0.717) is 13.1 Å². The Morgan fingerprint density at radius 2 is 2.12 bits per heavy atom. The molecule has 1 aliphatic carbocycles. The fourth-order valence-electron chi connectivity index (χ4n) is 2.59. The van der Waals surface area contributed by atoms with Crippen molar-refractivity contribution in [1.29, 1.82) is 0 Å². The maximum atomic E-state index is 11.9. The first-order chi connectivity index (χ1) is 8.24. The van der Waals surface area contributed by atoms with Gasteiger partial charge in [0.2, 0.25) is 0 Å². The van der Waals surface area contributed by atoms with Gasteiger partial charge in [0.25, 0.3) is 0 Å². The quantitative estimate of drug-likeness (QED) is 0.848. The van der Waals surface area contributed by atoms with Crippen LogP contribution in [0.3, 0.4) is 0 Å². The Bertz CT molecular complexity index is 454. The van der Waals surface area contributed by atoms with Gasteiger partial charge < -0.3 is 10.5 Å². The van der Waals surface area contributed by atoms with Crippen LogP contribution < -0.4 is 10.6 Å². The zero-order valence-corrected chi connectivity index (χ0v) is 9.69. The van der Waals surface area contributed by atoms with E-state index in [-0.39, 0.29) is 11.7 Å². The van der Waals surface area contributed by atoms with E-state index in [1.54, 1.807) is 4.90 Å². The monoisotopic (exact) mass is 232 g/mol. The van der Waals surface area contributed by atoms with E-state index in [1.807, 2.05) is 24.3 Å². The highest BCUT2D eigenvalue weighted by atomic mass is 16.6. The first kappa shape index (κ1) is 10.6. The molecule has 3 rings (SSSR count). The standard InChI is InChI=1S/C13H16N2O2/c14-8-10-4-1-2-5-11(10)15-9-13(6-3-7-13)17-12(15)16/h1-2,4-5H,3,6-9,14H2. The van der Waals surface area contributed by atoms with Crippen LogP contribution in [0.2, 0.25) is 0 Å². The molecule has 1 saturated carbocycles. The number of nitrogens with two attached hydrogens (primary N) is 1. The van der Waals surface area contributed by atoms with Gasteiger partial charge in [-0.25, -0.2) is 4.79 Å². The summed E-state index contributed by atoms with van der Waals surface area (Å²) in [6.07, 6.45) is 2.89. The van der Waals surface area contributed by atoms with Crippen molar-refractivity contribution in [1.82, 2.24) is 0 Å². The highest BCUT2D eigenvalue weighted by Gasteiger charge is 2.50. The van der Waals surface area contributed by atoms with Gasteiger partial charge in [-0.2, -0.15) is 0 Å². The molecule has 0 aromatic heterocycles. The first-order valence-corrected chi connectivity index (χ1v) is 6.03. The number of anilines is 1. The van der Waals surface area contributed by atoms with Gasteiger partial charge in [0.1, 0.15) is 5.60 Å². The molecule has 4 nitrogen and oxygen atoms in total. The Kier molecular flexibility index (Phi) is 2.33. The second-order valence-electron chi connectivity index (χ2n) is 4.82. The van der Waals surface area contributed by atoms with Crippen molar-refractivity contribution >= 4 is 11.8 Å². The van der Waals surface area contributed by atoms with Crippen LogP contribution in [-0.2, 0) is 11.3 Å². The number of carbonyl (C=O) groups excluding carboxylic acids is 1. The van der Waals surface area contributed by atoms with Gasteiger partial charge in [-0.05, 0) is 30.9 Å². The average molecular weight is 232 g/mol. The molecule has 1 aromatic rings. The fourth-order valence-corrected chi connectivity index (χ4v) is 2.59. The van der Waals surface area contributed by atoms with Crippen molar-refractivity contribution in [2.75, 3.05) is 11.4 Å². The molecular weight excluding hydrogens is 216 g/mol. The molecule has 2 aliphatic rings. The molecule has 1 aliphatic heterocycles. The van der Waals surface area contributed by atoms with E-state index in [9.17, 15) is 4.79 Å². The lowest BCUT2D eigenvalue weighted by Crippen LogP contribution is -2.41. The summed E-state index contributed by atoms with van der Waals surface area (Å²) >= 11 is 0. The molecular formula is C13H16N2O2. The summed E-state index contributed by atoms with van der Waals surface area (Å²) in [5.74, 6) is 0. The van der Waals surface area contributed by atoms with Gasteiger partial charge in [-0.3, -0.25) is 4.90 Å². The number of para-hydroxylation sites is 1. The van der Waals surface area contributed by atoms with Crippen molar-refractivity contribution < 1.29 is 9.53 Å². The predicted molar refractivity (Wildman–Crippen MR) is 64.7 cm³/mol. The topological polar surface area (TPSA) is 55.6 Å². The van der Waals surface area contributed by atoms with Gasteiger partial charge in [-0.15, -0.1) is 0 Å². The molecule has 90 valence electrons. The summed E-state index contributed by atoms with van der Waals surface area (Å²) in [6.45, 7) is 1.11. The van der Waals surface area contributed by atoms with Crippen LogP contribution >= 0.6 is 0 Å². The van der Waals surface area contributed by atoms with E-state index in [1.165, 1.54) is 0 Å². The number of benzene rings is 1. The van der Waals surface area contributed by atoms with Gasteiger partial charge in [-0.1, -0.05) is 18.2 Å². The van der Waals surface area contributed by atoms with Gasteiger partial charge in [0.05, 0.1) is 12.2 Å². The highest BCUT2D eigenvalue weighted by molar-refractivity contribution is 5.91. The van der Waals surface area contributed by atoms with Crippen LogP contribution in [-0.4, -0.2) is 18.2 Å². The number of rotatable bonds is 2. The van der Waals surface area contributed by atoms with E-state index < -0.39 is 0 Å². The molecule has 0 atom stereocenters. The van der Waals surface area contributed by atoms with Crippen molar-refractivity contribution in [3.05, 3.63) is 29.8 Å². The molecule has 1 amide bonds. The fraction of sp³-hybridized carbons (Fsp3) is 0.462. The van der Waals surface area contributed by atoms with E-state index in [2.05, 4.69) is 0 Å². The van der Waals surface area contributed by atoms with Crippen LogP contribution in [0.25, 0.3) is 0 Å². The second kappa shape index (κ2) is 3.74. The SMILES string of the molecule is NCc1ccccc1N1CC2(CCC2)OC1=O. The Hall–Kier alpha value is -1.55. The number of carbonyl (C=O) groups is 1. The largest absolute Gasteiger partial charge is 0.441 e. The zero-order chi connectivity index (χ0) is 11.9. The normalized spacial score (nSPS) is 21.5. The summed E-state index contributed by atoms with van der Waals surface area (Å²) in [5.41, 5.74) is 7.37. The Morgan fingerprint density at radius 1 is 1.35 bits per heavy atom. The Morgan fingerprint density at radius 3 is 2.71 bits per heavy atom. The highest BCUT2D eigenvalue weighted by Crippen LogP contribution is 2.42. The van der Waals surface area contributed by atoms with Gasteiger partial charge in [0, 0.05) is 6.54 Å². The minimum Gasteiger partial charge on any atom is -0.441 e. The Labute approximate surface area is 100 Å². The molecule has 17 heavy (non-hydrogen) atoms. The van der Waals surface area contributed by atoms with Crippen LogP contribution in [0.1, 0.15) is 24.8 Å². The maximum absolute atomic E-state index is 11.9. The summed E-state index contributed by atoms with van der Waals surface area (Å²) in [6, 6.07) is 7.75. The number of nitrogens with zero attached hydrogens (tertiary/aromatic N) is 1. The smallest absolute Gasteiger partial charge is 0.415 e. The number of ether oxygens (including phenoxy) is 1. The summed E-state index contributed by atoms with van der Waals surface area (Å²) in [5, 5.41) is 0. The summed E-state index contributed by atoms with van der Waals surface area (Å²) < 4.78 is 5.50. The van der Waals surface area contributed by atoms with Crippen LogP contribution in [0.5, 0.6) is 0 Å². The summed E-state index contributed by atoms with van der Waals surface area (Å²) in [4.78, 5) is 13.6. The molecule has 2 fully saturated rings. The van der Waals surface area contributed by atoms with Gasteiger partial charge >= 0.3 is 6.09 Å². The second-order valence-corrected chi connectivity index (χ2v) is 4.82. The van der Waals surface area contributed by atoms with E-state index in [4.69, 9.17) is 10.5 Å². The predicted octanol–water partition coefficient (Wildman–Crippen LogP) is 2.02. The lowest BCUT2D eigenvalue weighted by atomic mass is 9.80. The van der Waals surface area contributed by atoms with Crippen molar-refractivity contribution in [2.45, 2.75) is 31.4 Å². The molecule has 0 unspecified atom stereocenters. The lowest BCUT2D eigenvalue weighted by molar-refractivity contribution is -0.00649. The van der Waals surface area contributed by atoms with Crippen molar-refractivity contribution in [3.8, 4) is 0 Å². The number of hydrogen-bond acceptors (Lipinski definition) is 3. The minimum atomic E-state index is -0.231. The molecule has 1 saturated heterocycles. The van der Waals surface area contributed by atoms with Crippen molar-refractivity contribution in [3.63, 3.8) is 0 Å². The van der Waals surface area contributed by atoms with E-state index in [0.717, 1.165) is 30.5 Å². The molecule has 2 N–H and O–H groups in total. The third-order valence-electron chi connectivity index (χ3n) is 3.74. The van der Waals surface area contributed by atoms with Crippen LogP contribution in [0.4, 0.5) is 10.5 Å². The number of amides is 1. The molecule has 4 heteroatoms. The molecule has 1 aromatic carbocycles. The Balaban J connectivity index is 1.91. The third-order valence-corrected chi connectivity index (χ3v) is 3.74. The van der Waals surface area contributed by atoms with Crippen LogP contribution in [0.15, 0.2) is 24.3 Å². The first-order valence-electron chi connectivity index (χ1n) is 6.03. The van der Waals surface area contributed by atoms with Gasteiger partial charge in [0.15, 0.2) is 0 Å². The summed E-state index contributed by atoms with van der Waals surface area (Å²) in [7, 11) is 0. The van der Waals surface area contributed by atoms with Crippen molar-refractivity contribution in [2.24, 2.45) is 5.73 Å². The number of hydrogen-bond donors (Lipinski definition) is 1. The lowest BCUT2D eigenvalue weighted by Gasteiger charge is -2.35. The molecule has 1 heterocycles. The molecule has 0 bridgehead atoms. The maximum Gasteiger partial charge on any atom is 0.415 e. The van der Waals surface area contributed by atoms with Crippen LogP contribution in [0, 0.1) is 0 Å².